The number of aromatic nitrogens is 2. The number of hydrogen-bond acceptors (Lipinski definition) is 4. The van der Waals surface area contributed by atoms with Gasteiger partial charge in [0.2, 0.25) is 5.91 Å². The Labute approximate surface area is 134 Å². The Morgan fingerprint density at radius 1 is 1.26 bits per heavy atom. The highest BCUT2D eigenvalue weighted by molar-refractivity contribution is 7.90. The Kier molecular flexibility index (Phi) is 5.25. The molecule has 7 nitrogen and oxygen atoms in total. The molecule has 2 aromatic rings. The van der Waals surface area contributed by atoms with Crippen LogP contribution < -0.4 is 10.4 Å². The number of fused-ring (bicyclic) bond motifs is 1. The molecule has 0 unspecified atom stereocenters. The molecule has 0 radical (unpaired) electrons. The summed E-state index contributed by atoms with van der Waals surface area (Å²) in [4.78, 5) is 26.1. The van der Waals surface area contributed by atoms with Crippen LogP contribution in [0, 0.1) is 0 Å². The molecule has 0 aliphatic heterocycles. The van der Waals surface area contributed by atoms with Crippen LogP contribution in [0.25, 0.3) is 11.0 Å². The second kappa shape index (κ2) is 6.99. The number of nitrogens with zero attached hydrogens (tertiary/aromatic N) is 1. The first kappa shape index (κ1) is 17.3. The van der Waals surface area contributed by atoms with Crippen LogP contribution in [-0.4, -0.2) is 23.9 Å². The van der Waals surface area contributed by atoms with E-state index in [9.17, 15) is 18.0 Å². The number of nitrogens with one attached hydrogen (secondary N) is 2. The van der Waals surface area contributed by atoms with Gasteiger partial charge in [-0.1, -0.05) is 20.3 Å². The molecule has 1 amide bonds. The van der Waals surface area contributed by atoms with Crippen LogP contribution in [-0.2, 0) is 21.4 Å². The van der Waals surface area contributed by atoms with Gasteiger partial charge in [-0.3, -0.25) is 9.36 Å². The summed E-state index contributed by atoms with van der Waals surface area (Å²) in [6.07, 6.45) is 2.40. The van der Waals surface area contributed by atoms with Gasteiger partial charge in [0.25, 0.3) is 10.0 Å². The Morgan fingerprint density at radius 3 is 2.65 bits per heavy atom. The minimum absolute atomic E-state index is 0.0419. The first-order valence-corrected chi connectivity index (χ1v) is 9.15. The fourth-order valence-electron chi connectivity index (χ4n) is 2.35. The molecule has 1 aromatic heterocycles. The van der Waals surface area contributed by atoms with Gasteiger partial charge in [0.15, 0.2) is 0 Å². The van der Waals surface area contributed by atoms with Crippen LogP contribution in [0.5, 0.6) is 0 Å². The number of aromatic amines is 1. The average Bonchev–Trinajstić information content (AvgIpc) is 2.80. The van der Waals surface area contributed by atoms with Gasteiger partial charge in [0, 0.05) is 13.0 Å². The summed E-state index contributed by atoms with van der Waals surface area (Å²) in [6, 6.07) is 4.35. The van der Waals surface area contributed by atoms with Gasteiger partial charge in [0.05, 0.1) is 15.9 Å². The second-order valence-electron chi connectivity index (χ2n) is 5.39. The maximum atomic E-state index is 12.2. The number of hydrogen-bond donors (Lipinski definition) is 2. The van der Waals surface area contributed by atoms with Crippen molar-refractivity contribution in [1.29, 1.82) is 0 Å². The minimum Gasteiger partial charge on any atom is -0.305 e. The number of carbonyl (C=O) groups excluding carboxylic acids is 1. The highest BCUT2D eigenvalue weighted by Crippen LogP contribution is 2.17. The molecule has 0 saturated heterocycles. The standard InChI is InChI=1S/C15H21N3O4S/c1-3-5-6-14(19)17-23(21,22)11-7-8-13-12(10-11)16-15(20)18(13)9-4-2/h7-8,10H,3-6,9H2,1-2H3,(H,16,20)(H,17,19). The fraction of sp³-hybridized carbons (Fsp3) is 0.467. The van der Waals surface area contributed by atoms with Crippen LogP contribution in [0.4, 0.5) is 0 Å². The number of aryl methyl sites for hydroxylation is 1. The smallest absolute Gasteiger partial charge is 0.305 e. The van der Waals surface area contributed by atoms with Crippen molar-refractivity contribution < 1.29 is 13.2 Å². The Bertz CT molecular complexity index is 864. The number of unbranched alkanes of at least 4 members (excludes halogenated alkanes) is 1. The summed E-state index contributed by atoms with van der Waals surface area (Å²) in [5, 5.41) is 0. The van der Waals surface area contributed by atoms with Crippen molar-refractivity contribution >= 4 is 27.0 Å². The van der Waals surface area contributed by atoms with Gasteiger partial charge < -0.3 is 4.98 Å². The van der Waals surface area contributed by atoms with Crippen LogP contribution in [0.15, 0.2) is 27.9 Å². The normalized spacial score (nSPS) is 11.7. The molecule has 0 spiro atoms. The third-order valence-electron chi connectivity index (χ3n) is 3.51. The van der Waals surface area contributed by atoms with Crippen molar-refractivity contribution in [3.63, 3.8) is 0 Å². The molecular weight excluding hydrogens is 318 g/mol. The molecule has 23 heavy (non-hydrogen) atoms. The molecule has 8 heteroatoms. The minimum atomic E-state index is -3.93. The molecule has 126 valence electrons. The molecule has 0 atom stereocenters. The van der Waals surface area contributed by atoms with E-state index in [-0.39, 0.29) is 17.0 Å². The Hall–Kier alpha value is -2.09. The van der Waals surface area contributed by atoms with E-state index in [2.05, 4.69) is 9.71 Å². The number of amides is 1. The Morgan fingerprint density at radius 2 is 2.00 bits per heavy atom. The zero-order valence-electron chi connectivity index (χ0n) is 13.3. The summed E-state index contributed by atoms with van der Waals surface area (Å²) >= 11 is 0. The van der Waals surface area contributed by atoms with Gasteiger partial charge in [-0.15, -0.1) is 0 Å². The van der Waals surface area contributed by atoms with Crippen molar-refractivity contribution in [3.05, 3.63) is 28.7 Å². The third-order valence-corrected chi connectivity index (χ3v) is 4.88. The molecule has 0 aliphatic carbocycles. The van der Waals surface area contributed by atoms with Crippen LogP contribution in [0.2, 0.25) is 0 Å². The monoisotopic (exact) mass is 339 g/mol. The average molecular weight is 339 g/mol. The van der Waals surface area contributed by atoms with Gasteiger partial charge >= 0.3 is 5.69 Å². The van der Waals surface area contributed by atoms with Gasteiger partial charge in [0.1, 0.15) is 0 Å². The van der Waals surface area contributed by atoms with Crippen molar-refractivity contribution in [3.8, 4) is 0 Å². The highest BCUT2D eigenvalue weighted by atomic mass is 32.2. The number of carbonyl (C=O) groups is 1. The van der Waals surface area contributed by atoms with Gasteiger partial charge in [-0.25, -0.2) is 17.9 Å². The summed E-state index contributed by atoms with van der Waals surface area (Å²) in [5.74, 6) is -0.524. The van der Waals surface area contributed by atoms with E-state index in [0.717, 1.165) is 12.8 Å². The van der Waals surface area contributed by atoms with E-state index in [4.69, 9.17) is 0 Å². The molecule has 2 rings (SSSR count). The SMILES string of the molecule is CCCCC(=O)NS(=O)(=O)c1ccc2c(c1)[nH]c(=O)n2CCC. The van der Waals surface area contributed by atoms with Crippen molar-refractivity contribution in [2.24, 2.45) is 0 Å². The van der Waals surface area contributed by atoms with Gasteiger partial charge in [-0.2, -0.15) is 0 Å². The lowest BCUT2D eigenvalue weighted by Gasteiger charge is -2.07. The lowest BCUT2D eigenvalue weighted by atomic mass is 10.2. The molecule has 0 aliphatic rings. The van der Waals surface area contributed by atoms with E-state index in [1.807, 2.05) is 13.8 Å². The lowest BCUT2D eigenvalue weighted by Crippen LogP contribution is -2.30. The van der Waals surface area contributed by atoms with E-state index in [1.54, 1.807) is 10.6 Å². The van der Waals surface area contributed by atoms with E-state index in [0.29, 0.717) is 24.0 Å². The molecule has 0 bridgehead atoms. The zero-order valence-corrected chi connectivity index (χ0v) is 14.1. The third kappa shape index (κ3) is 3.82. The van der Waals surface area contributed by atoms with E-state index >= 15 is 0 Å². The summed E-state index contributed by atoms with van der Waals surface area (Å²) in [7, 11) is -3.93. The quantitative estimate of drug-likeness (QED) is 0.802. The molecule has 0 saturated carbocycles. The first-order valence-electron chi connectivity index (χ1n) is 7.67. The van der Waals surface area contributed by atoms with Crippen molar-refractivity contribution in [1.82, 2.24) is 14.3 Å². The van der Waals surface area contributed by atoms with Crippen LogP contribution in [0.1, 0.15) is 39.5 Å². The maximum Gasteiger partial charge on any atom is 0.326 e. The van der Waals surface area contributed by atoms with Crippen LogP contribution in [0.3, 0.4) is 0 Å². The van der Waals surface area contributed by atoms with Crippen molar-refractivity contribution in [2.45, 2.75) is 51.0 Å². The molecular formula is C15H21N3O4S. The van der Waals surface area contributed by atoms with Crippen molar-refractivity contribution in [2.75, 3.05) is 0 Å². The Balaban J connectivity index is 2.33. The predicted molar refractivity (Wildman–Crippen MR) is 87.7 cm³/mol. The number of rotatable bonds is 7. The lowest BCUT2D eigenvalue weighted by molar-refractivity contribution is -0.119. The first-order chi connectivity index (χ1) is 10.9. The number of imidazole rings is 1. The topological polar surface area (TPSA) is 101 Å². The zero-order chi connectivity index (χ0) is 17.0. The number of sulfonamides is 1. The summed E-state index contributed by atoms with van der Waals surface area (Å²) in [6.45, 7) is 4.43. The summed E-state index contributed by atoms with van der Waals surface area (Å²) < 4.78 is 28.1. The van der Waals surface area contributed by atoms with Gasteiger partial charge in [-0.05, 0) is 31.0 Å². The summed E-state index contributed by atoms with van der Waals surface area (Å²) in [5.41, 5.74) is 0.809. The molecule has 1 heterocycles. The second-order valence-corrected chi connectivity index (χ2v) is 7.08. The van der Waals surface area contributed by atoms with Crippen LogP contribution >= 0.6 is 0 Å². The molecule has 0 fully saturated rings. The number of H-pyrrole nitrogens is 1. The predicted octanol–water partition coefficient (Wildman–Crippen LogP) is 1.73. The maximum absolute atomic E-state index is 12.2. The molecule has 1 aromatic carbocycles. The van der Waals surface area contributed by atoms with E-state index in [1.165, 1.54) is 12.1 Å². The fourth-order valence-corrected chi connectivity index (χ4v) is 3.39. The number of benzene rings is 1. The largest absolute Gasteiger partial charge is 0.326 e. The van der Waals surface area contributed by atoms with E-state index < -0.39 is 15.9 Å². The highest BCUT2D eigenvalue weighted by Gasteiger charge is 2.18. The molecule has 2 N–H and O–H groups in total.